The zero-order valence-corrected chi connectivity index (χ0v) is 18.2. The van der Waals surface area contributed by atoms with Crippen LogP contribution in [0.15, 0.2) is 23.0 Å². The summed E-state index contributed by atoms with van der Waals surface area (Å²) in [6.45, 7) is 3.73. The highest BCUT2D eigenvalue weighted by atomic mass is 19.1. The number of aromatic amines is 1. The molecule has 1 aromatic carbocycles. The Bertz CT molecular complexity index is 1070. The van der Waals surface area contributed by atoms with E-state index in [1.54, 1.807) is 0 Å². The Morgan fingerprint density at radius 1 is 1.28 bits per heavy atom. The van der Waals surface area contributed by atoms with Gasteiger partial charge in [-0.15, -0.1) is 0 Å². The van der Waals surface area contributed by atoms with Gasteiger partial charge in [-0.1, -0.05) is 26.7 Å². The first-order valence-electron chi connectivity index (χ1n) is 10.7. The lowest BCUT2D eigenvalue weighted by molar-refractivity contribution is 0.0962. The first-order chi connectivity index (χ1) is 15.2. The molecule has 1 heterocycles. The van der Waals surface area contributed by atoms with Crippen molar-refractivity contribution < 1.29 is 14.0 Å². The standard InChI is InChI=1S/C22H29FN6O3/c1-11(2)9-17(30)13-10-12(7-8-14(13)23)26-20-18(19(25)31)21(32)29-22(28-20)27-16-6-4-3-5-15(16)24/h7-8,10-11,15-16H,3-6,9,24H2,1-2H3,(H2,25,31)(H3,26,27,28,29,32)/t15-,16-/m0/s1. The molecule has 1 amide bonds. The third-order valence-electron chi connectivity index (χ3n) is 5.43. The van der Waals surface area contributed by atoms with Crippen LogP contribution in [0.4, 0.5) is 21.8 Å². The van der Waals surface area contributed by atoms with Crippen LogP contribution in [-0.2, 0) is 0 Å². The maximum Gasteiger partial charge on any atom is 0.267 e. The highest BCUT2D eigenvalue weighted by molar-refractivity contribution is 5.99. The van der Waals surface area contributed by atoms with E-state index in [9.17, 15) is 18.8 Å². The Kier molecular flexibility index (Phi) is 7.24. The smallest absolute Gasteiger partial charge is 0.267 e. The monoisotopic (exact) mass is 444 g/mol. The molecule has 1 saturated carbocycles. The van der Waals surface area contributed by atoms with Crippen molar-refractivity contribution in [1.29, 1.82) is 0 Å². The maximum absolute atomic E-state index is 14.2. The number of hydrogen-bond donors (Lipinski definition) is 5. The van der Waals surface area contributed by atoms with Crippen molar-refractivity contribution >= 4 is 29.1 Å². The van der Waals surface area contributed by atoms with E-state index in [1.165, 1.54) is 12.1 Å². The third-order valence-corrected chi connectivity index (χ3v) is 5.43. The first kappa shape index (κ1) is 23.4. The summed E-state index contributed by atoms with van der Waals surface area (Å²) in [5, 5.41) is 5.96. The number of amides is 1. The van der Waals surface area contributed by atoms with E-state index in [0.717, 1.165) is 31.7 Å². The number of aromatic nitrogens is 2. The fourth-order valence-corrected chi connectivity index (χ4v) is 3.81. The number of nitrogens with zero attached hydrogens (tertiary/aromatic N) is 1. The van der Waals surface area contributed by atoms with Crippen LogP contribution in [0.2, 0.25) is 0 Å². The molecule has 10 heteroatoms. The van der Waals surface area contributed by atoms with Gasteiger partial charge in [-0.2, -0.15) is 4.98 Å². The summed E-state index contributed by atoms with van der Waals surface area (Å²) in [5.41, 5.74) is 10.7. The van der Waals surface area contributed by atoms with Crippen LogP contribution >= 0.6 is 0 Å². The van der Waals surface area contributed by atoms with Crippen LogP contribution in [-0.4, -0.2) is 33.7 Å². The number of benzene rings is 1. The number of rotatable bonds is 8. The van der Waals surface area contributed by atoms with E-state index in [0.29, 0.717) is 5.69 Å². The molecule has 2 aromatic rings. The van der Waals surface area contributed by atoms with Gasteiger partial charge in [0, 0.05) is 24.2 Å². The van der Waals surface area contributed by atoms with Gasteiger partial charge in [0.2, 0.25) is 5.95 Å². The Balaban J connectivity index is 1.94. The van der Waals surface area contributed by atoms with Crippen molar-refractivity contribution in [2.75, 3.05) is 10.6 Å². The van der Waals surface area contributed by atoms with Gasteiger partial charge in [-0.05, 0) is 37.0 Å². The molecular formula is C22H29FN6O3. The molecule has 32 heavy (non-hydrogen) atoms. The number of anilines is 3. The zero-order valence-electron chi connectivity index (χ0n) is 18.2. The third kappa shape index (κ3) is 5.50. The Morgan fingerprint density at radius 3 is 2.66 bits per heavy atom. The fraction of sp³-hybridized carbons (Fsp3) is 0.455. The molecule has 0 bridgehead atoms. The number of nitrogens with two attached hydrogens (primary N) is 2. The average molecular weight is 445 g/mol. The molecule has 7 N–H and O–H groups in total. The van der Waals surface area contributed by atoms with Crippen LogP contribution in [0.5, 0.6) is 0 Å². The number of Topliss-reactive ketones (excluding diaryl/α,β-unsaturated/α-hetero) is 1. The lowest BCUT2D eigenvalue weighted by Gasteiger charge is -2.29. The number of ketones is 1. The molecular weight excluding hydrogens is 415 g/mol. The summed E-state index contributed by atoms with van der Waals surface area (Å²) in [6, 6.07) is 3.70. The van der Waals surface area contributed by atoms with E-state index in [-0.39, 0.29) is 53.1 Å². The van der Waals surface area contributed by atoms with Gasteiger partial charge in [-0.25, -0.2) is 4.39 Å². The van der Waals surface area contributed by atoms with Crippen LogP contribution in [0.25, 0.3) is 0 Å². The van der Waals surface area contributed by atoms with E-state index >= 15 is 0 Å². The van der Waals surface area contributed by atoms with Crippen molar-refractivity contribution in [1.82, 2.24) is 9.97 Å². The van der Waals surface area contributed by atoms with E-state index < -0.39 is 17.3 Å². The summed E-state index contributed by atoms with van der Waals surface area (Å²) in [5.74, 6) is -1.85. The number of halogens is 1. The number of primary amides is 1. The fourth-order valence-electron chi connectivity index (χ4n) is 3.81. The normalized spacial score (nSPS) is 18.4. The van der Waals surface area contributed by atoms with Gasteiger partial charge >= 0.3 is 0 Å². The lowest BCUT2D eigenvalue weighted by atomic mass is 9.91. The molecule has 0 unspecified atom stereocenters. The molecule has 0 radical (unpaired) electrons. The number of hydrogen-bond acceptors (Lipinski definition) is 7. The molecule has 9 nitrogen and oxygen atoms in total. The zero-order chi connectivity index (χ0) is 23.4. The number of nitrogens with one attached hydrogen (secondary N) is 3. The summed E-state index contributed by atoms with van der Waals surface area (Å²) in [7, 11) is 0. The summed E-state index contributed by atoms with van der Waals surface area (Å²) in [4.78, 5) is 43.7. The molecule has 1 fully saturated rings. The van der Waals surface area contributed by atoms with Gasteiger partial charge in [0.1, 0.15) is 11.4 Å². The largest absolute Gasteiger partial charge is 0.365 e. The molecule has 0 aliphatic heterocycles. The van der Waals surface area contributed by atoms with E-state index in [1.807, 2.05) is 13.8 Å². The van der Waals surface area contributed by atoms with Crippen molar-refractivity contribution in [3.05, 3.63) is 45.5 Å². The van der Waals surface area contributed by atoms with Crippen LogP contribution in [0.3, 0.4) is 0 Å². The maximum atomic E-state index is 14.2. The van der Waals surface area contributed by atoms with Gasteiger partial charge in [0.15, 0.2) is 11.6 Å². The quantitative estimate of drug-likeness (QED) is 0.392. The van der Waals surface area contributed by atoms with Crippen LogP contribution in [0.1, 0.15) is 66.7 Å². The first-order valence-corrected chi connectivity index (χ1v) is 10.7. The van der Waals surface area contributed by atoms with Gasteiger partial charge in [0.05, 0.1) is 5.56 Å². The molecule has 1 aliphatic rings. The molecule has 0 saturated heterocycles. The molecule has 172 valence electrons. The highest BCUT2D eigenvalue weighted by Gasteiger charge is 2.24. The molecule has 0 spiro atoms. The van der Waals surface area contributed by atoms with E-state index in [2.05, 4.69) is 20.6 Å². The number of carbonyl (C=O) groups is 2. The molecule has 1 aromatic heterocycles. The van der Waals surface area contributed by atoms with Gasteiger partial charge in [-0.3, -0.25) is 19.4 Å². The van der Waals surface area contributed by atoms with Crippen LogP contribution in [0, 0.1) is 11.7 Å². The van der Waals surface area contributed by atoms with Gasteiger partial charge < -0.3 is 22.1 Å². The van der Waals surface area contributed by atoms with Crippen molar-refractivity contribution in [3.63, 3.8) is 0 Å². The average Bonchev–Trinajstić information content (AvgIpc) is 2.70. The summed E-state index contributed by atoms with van der Waals surface area (Å²) in [6.07, 6.45) is 3.91. The predicted molar refractivity (Wildman–Crippen MR) is 121 cm³/mol. The SMILES string of the molecule is CC(C)CC(=O)c1cc(Nc2nc(N[C@H]3CCCC[C@@H]3N)[nH]c(=O)c2C(N)=O)ccc1F. The highest BCUT2D eigenvalue weighted by Crippen LogP contribution is 2.24. The van der Waals surface area contributed by atoms with Crippen molar-refractivity contribution in [2.24, 2.45) is 17.4 Å². The lowest BCUT2D eigenvalue weighted by Crippen LogP contribution is -2.43. The summed E-state index contributed by atoms with van der Waals surface area (Å²) >= 11 is 0. The second-order valence-electron chi connectivity index (χ2n) is 8.54. The summed E-state index contributed by atoms with van der Waals surface area (Å²) < 4.78 is 14.2. The number of H-pyrrole nitrogens is 1. The number of carbonyl (C=O) groups excluding carboxylic acids is 2. The minimum Gasteiger partial charge on any atom is -0.365 e. The predicted octanol–water partition coefficient (Wildman–Crippen LogP) is 2.66. The minimum atomic E-state index is -0.972. The minimum absolute atomic E-state index is 0.0640. The Morgan fingerprint density at radius 2 is 2.00 bits per heavy atom. The second kappa shape index (κ2) is 9.90. The van der Waals surface area contributed by atoms with Crippen molar-refractivity contribution in [2.45, 2.75) is 58.0 Å². The molecule has 3 rings (SSSR count). The Hall–Kier alpha value is -3.27. The van der Waals surface area contributed by atoms with Crippen LogP contribution < -0.4 is 27.7 Å². The van der Waals surface area contributed by atoms with E-state index in [4.69, 9.17) is 11.5 Å². The second-order valence-corrected chi connectivity index (χ2v) is 8.54. The van der Waals surface area contributed by atoms with Gasteiger partial charge in [0.25, 0.3) is 11.5 Å². The molecule has 2 atom stereocenters. The van der Waals surface area contributed by atoms with Crippen molar-refractivity contribution in [3.8, 4) is 0 Å². The Labute approximate surface area is 185 Å². The topological polar surface area (TPSA) is 156 Å². The molecule has 1 aliphatic carbocycles.